The van der Waals surface area contributed by atoms with Crippen LogP contribution in [0.1, 0.15) is 23.3 Å². The molecule has 0 unspecified atom stereocenters. The lowest BCUT2D eigenvalue weighted by Gasteiger charge is -2.39. The summed E-state index contributed by atoms with van der Waals surface area (Å²) in [6.45, 7) is 0. The summed E-state index contributed by atoms with van der Waals surface area (Å²) in [5.74, 6) is -0.515. The zero-order valence-electron chi connectivity index (χ0n) is 14.5. The Kier molecular flexibility index (Phi) is 2.95. The Bertz CT molecular complexity index is 827. The molecule has 0 aliphatic carbocycles. The SMILES string of the molecule is CN1C(=O)[C@@]2(O[C@@H]2c2ccccc2)N(C)C(=O)[C@@]12O[C@@H]2c1ccccc1. The van der Waals surface area contributed by atoms with Crippen molar-refractivity contribution in [3.8, 4) is 0 Å². The van der Waals surface area contributed by atoms with Crippen LogP contribution in [0.4, 0.5) is 0 Å². The third-order valence-electron chi connectivity index (χ3n) is 5.61. The van der Waals surface area contributed by atoms with E-state index in [4.69, 9.17) is 9.47 Å². The molecule has 3 saturated heterocycles. The molecule has 5 rings (SSSR count). The number of nitrogens with zero attached hydrogens (tertiary/aromatic N) is 2. The van der Waals surface area contributed by atoms with Gasteiger partial charge in [0.25, 0.3) is 23.3 Å². The monoisotopic (exact) mass is 350 g/mol. The van der Waals surface area contributed by atoms with Crippen molar-refractivity contribution in [1.82, 2.24) is 9.80 Å². The summed E-state index contributed by atoms with van der Waals surface area (Å²) >= 11 is 0. The zero-order chi connectivity index (χ0) is 18.1. The van der Waals surface area contributed by atoms with E-state index in [1.807, 2.05) is 60.7 Å². The molecule has 3 aliphatic heterocycles. The van der Waals surface area contributed by atoms with Crippen LogP contribution >= 0.6 is 0 Å². The van der Waals surface area contributed by atoms with Crippen LogP contribution in [0.5, 0.6) is 0 Å². The van der Waals surface area contributed by atoms with Crippen LogP contribution < -0.4 is 0 Å². The molecule has 0 N–H and O–H groups in total. The van der Waals surface area contributed by atoms with Crippen LogP contribution in [0.2, 0.25) is 0 Å². The van der Waals surface area contributed by atoms with Gasteiger partial charge in [-0.25, -0.2) is 0 Å². The molecule has 3 heterocycles. The molecule has 6 heteroatoms. The first-order chi connectivity index (χ1) is 12.5. The lowest BCUT2D eigenvalue weighted by molar-refractivity contribution is -0.175. The number of benzene rings is 2. The largest absolute Gasteiger partial charge is 0.331 e. The van der Waals surface area contributed by atoms with Crippen molar-refractivity contribution < 1.29 is 19.1 Å². The zero-order valence-corrected chi connectivity index (χ0v) is 14.5. The first-order valence-corrected chi connectivity index (χ1v) is 8.55. The number of amides is 2. The Morgan fingerprint density at radius 1 is 0.692 bits per heavy atom. The van der Waals surface area contributed by atoms with Gasteiger partial charge in [-0.05, 0) is 11.1 Å². The molecule has 2 amide bonds. The first-order valence-electron chi connectivity index (χ1n) is 8.55. The predicted molar refractivity (Wildman–Crippen MR) is 91.5 cm³/mol. The Hall–Kier alpha value is -2.70. The van der Waals surface area contributed by atoms with E-state index in [0.29, 0.717) is 0 Å². The summed E-state index contributed by atoms with van der Waals surface area (Å²) in [7, 11) is 3.23. The third-order valence-corrected chi connectivity index (χ3v) is 5.61. The van der Waals surface area contributed by atoms with Crippen molar-refractivity contribution in [2.45, 2.75) is 23.7 Å². The number of piperazine rings is 1. The Morgan fingerprint density at radius 2 is 1.04 bits per heavy atom. The fourth-order valence-corrected chi connectivity index (χ4v) is 4.04. The lowest BCUT2D eigenvalue weighted by Crippen LogP contribution is -2.67. The molecule has 0 aromatic heterocycles. The molecule has 6 nitrogen and oxygen atoms in total. The van der Waals surface area contributed by atoms with Crippen LogP contribution in [0.15, 0.2) is 60.7 Å². The van der Waals surface area contributed by atoms with Gasteiger partial charge in [0.15, 0.2) is 0 Å². The van der Waals surface area contributed by atoms with Crippen LogP contribution in [0.25, 0.3) is 0 Å². The van der Waals surface area contributed by atoms with E-state index in [0.717, 1.165) is 11.1 Å². The van der Waals surface area contributed by atoms with Gasteiger partial charge in [-0.15, -0.1) is 0 Å². The number of likely N-dealkylation sites (N-methyl/N-ethyl adjacent to an activating group) is 2. The maximum Gasteiger partial charge on any atom is 0.281 e. The Labute approximate surface area is 150 Å². The van der Waals surface area contributed by atoms with Gasteiger partial charge in [-0.1, -0.05) is 60.7 Å². The lowest BCUT2D eigenvalue weighted by atomic mass is 9.95. The number of hydrogen-bond donors (Lipinski definition) is 0. The number of epoxide rings is 2. The standard InChI is InChI=1S/C20H18N2O4/c1-21-17(23)20(16(26-20)14-11-7-4-8-12-14)22(2)18(24)19(21)15(25-19)13-9-5-3-6-10-13/h3-12,15-16H,1-2H3/t15-,16-,19-,20-/m1/s1. The van der Waals surface area contributed by atoms with Crippen LogP contribution in [0.3, 0.4) is 0 Å². The number of ether oxygens (including phenoxy) is 2. The van der Waals surface area contributed by atoms with Gasteiger partial charge in [-0.3, -0.25) is 9.59 Å². The highest BCUT2D eigenvalue weighted by atomic mass is 16.7. The number of carbonyl (C=O) groups is 2. The van der Waals surface area contributed by atoms with Crippen LogP contribution in [-0.2, 0) is 19.1 Å². The summed E-state index contributed by atoms with van der Waals surface area (Å²) in [5, 5.41) is 0. The second-order valence-electron chi connectivity index (χ2n) is 6.94. The minimum Gasteiger partial charge on any atom is -0.331 e. The normalized spacial score (nSPS) is 35.3. The second kappa shape index (κ2) is 4.93. The summed E-state index contributed by atoms with van der Waals surface area (Å²) in [6.07, 6.45) is -0.919. The Balaban J connectivity index is 1.49. The molecular formula is C20H18N2O4. The minimum atomic E-state index is -1.27. The van der Waals surface area contributed by atoms with Gasteiger partial charge in [-0.2, -0.15) is 0 Å². The van der Waals surface area contributed by atoms with E-state index >= 15 is 0 Å². The average molecular weight is 350 g/mol. The molecular weight excluding hydrogens is 332 g/mol. The molecule has 0 saturated carbocycles. The molecule has 4 atom stereocenters. The van der Waals surface area contributed by atoms with Crippen molar-refractivity contribution in [3.63, 3.8) is 0 Å². The van der Waals surface area contributed by atoms with Gasteiger partial charge in [0.1, 0.15) is 12.2 Å². The van der Waals surface area contributed by atoms with Crippen LogP contribution in [0, 0.1) is 0 Å². The predicted octanol–water partition coefficient (Wildman–Crippen LogP) is 1.85. The van der Waals surface area contributed by atoms with Crippen molar-refractivity contribution >= 4 is 11.8 Å². The molecule has 3 aliphatic rings. The van der Waals surface area contributed by atoms with E-state index in [1.54, 1.807) is 14.1 Å². The minimum absolute atomic E-state index is 0.258. The highest BCUT2D eigenvalue weighted by molar-refractivity contribution is 6.04. The molecule has 0 bridgehead atoms. The Morgan fingerprint density at radius 3 is 1.38 bits per heavy atom. The van der Waals surface area contributed by atoms with E-state index in [2.05, 4.69) is 0 Å². The summed E-state index contributed by atoms with van der Waals surface area (Å²) < 4.78 is 11.6. The molecule has 0 radical (unpaired) electrons. The molecule has 26 heavy (non-hydrogen) atoms. The fourth-order valence-electron chi connectivity index (χ4n) is 4.04. The summed E-state index contributed by atoms with van der Waals surface area (Å²) in [4.78, 5) is 29.2. The fraction of sp³-hybridized carbons (Fsp3) is 0.300. The highest BCUT2D eigenvalue weighted by Crippen LogP contribution is 2.62. The number of hydrogen-bond acceptors (Lipinski definition) is 4. The molecule has 3 fully saturated rings. The molecule has 2 aromatic carbocycles. The summed E-state index contributed by atoms with van der Waals surface area (Å²) in [6, 6.07) is 19.0. The number of carbonyl (C=O) groups excluding carboxylic acids is 2. The van der Waals surface area contributed by atoms with Gasteiger partial charge in [0, 0.05) is 14.1 Å². The van der Waals surface area contributed by atoms with E-state index in [9.17, 15) is 9.59 Å². The molecule has 2 aromatic rings. The molecule has 132 valence electrons. The van der Waals surface area contributed by atoms with E-state index in [1.165, 1.54) is 9.80 Å². The average Bonchev–Trinajstić information content (AvgIpc) is 3.59. The first kappa shape index (κ1) is 15.5. The van der Waals surface area contributed by atoms with Crippen molar-refractivity contribution in [2.24, 2.45) is 0 Å². The topological polar surface area (TPSA) is 65.7 Å². The van der Waals surface area contributed by atoms with Crippen molar-refractivity contribution in [1.29, 1.82) is 0 Å². The van der Waals surface area contributed by atoms with Crippen molar-refractivity contribution in [2.75, 3.05) is 14.1 Å². The molecule has 2 spiro atoms. The second-order valence-corrected chi connectivity index (χ2v) is 6.94. The summed E-state index contributed by atoms with van der Waals surface area (Å²) in [5.41, 5.74) is -0.792. The van der Waals surface area contributed by atoms with Crippen molar-refractivity contribution in [3.05, 3.63) is 71.8 Å². The van der Waals surface area contributed by atoms with Gasteiger partial charge < -0.3 is 19.3 Å². The number of rotatable bonds is 2. The smallest absolute Gasteiger partial charge is 0.281 e. The quantitative estimate of drug-likeness (QED) is 0.776. The van der Waals surface area contributed by atoms with E-state index < -0.39 is 23.7 Å². The highest BCUT2D eigenvalue weighted by Gasteiger charge is 2.81. The van der Waals surface area contributed by atoms with Gasteiger partial charge in [0.05, 0.1) is 0 Å². The van der Waals surface area contributed by atoms with E-state index in [-0.39, 0.29) is 11.8 Å². The van der Waals surface area contributed by atoms with Gasteiger partial charge >= 0.3 is 0 Å². The van der Waals surface area contributed by atoms with Crippen LogP contribution in [-0.4, -0.2) is 47.2 Å². The maximum absolute atomic E-state index is 13.2. The van der Waals surface area contributed by atoms with Gasteiger partial charge in [0.2, 0.25) is 0 Å². The third kappa shape index (κ3) is 1.73. The maximum atomic E-state index is 13.2.